The quantitative estimate of drug-likeness (QED) is 0.613. The van der Waals surface area contributed by atoms with Crippen molar-refractivity contribution in [1.82, 2.24) is 4.90 Å². The van der Waals surface area contributed by atoms with Crippen LogP contribution < -0.4 is 0 Å². The Labute approximate surface area is 122 Å². The molecule has 0 N–H and O–H groups in total. The molecule has 1 aromatic carbocycles. The number of hydrogen-bond donors (Lipinski definition) is 0. The Morgan fingerprint density at radius 1 is 1.14 bits per heavy atom. The molecule has 1 heterocycles. The maximum Gasteiger partial charge on any atom is 0.234 e. The molecule has 1 saturated heterocycles. The third kappa shape index (κ3) is 1.67. The topological polar surface area (TPSA) is 61.2 Å². The summed E-state index contributed by atoms with van der Waals surface area (Å²) in [6, 6.07) is 9.17. The van der Waals surface area contributed by atoms with Gasteiger partial charge in [-0.1, -0.05) is 24.3 Å². The third-order valence-corrected chi connectivity index (χ3v) is 4.96. The maximum absolute atomic E-state index is 12.6. The van der Waals surface area contributed by atoms with Crippen LogP contribution in [0.5, 0.6) is 0 Å². The Hall–Kier alpha value is -2.41. The number of benzene rings is 1. The molecule has 0 aromatic heterocycles. The predicted octanol–water partition coefficient (Wildman–Crippen LogP) is 1.87. The van der Waals surface area contributed by atoms with Crippen LogP contribution >= 0.6 is 0 Å². The van der Waals surface area contributed by atoms with Crippen LogP contribution in [-0.4, -0.2) is 16.7 Å². The average Bonchev–Trinajstić information content (AvgIpc) is 3.17. The fourth-order valence-corrected chi connectivity index (χ4v) is 4.04. The molecule has 3 aliphatic rings. The van der Waals surface area contributed by atoms with Gasteiger partial charge < -0.3 is 0 Å². The van der Waals surface area contributed by atoms with Crippen LogP contribution in [0.25, 0.3) is 0 Å². The van der Waals surface area contributed by atoms with Crippen molar-refractivity contribution in [2.45, 2.75) is 13.0 Å². The summed E-state index contributed by atoms with van der Waals surface area (Å²) < 4.78 is 0. The fourth-order valence-electron chi connectivity index (χ4n) is 4.04. The molecule has 2 amide bonds. The molecule has 21 heavy (non-hydrogen) atoms. The van der Waals surface area contributed by atoms with E-state index in [4.69, 9.17) is 5.26 Å². The van der Waals surface area contributed by atoms with Crippen molar-refractivity contribution >= 4 is 11.8 Å². The number of rotatable bonds is 2. The molecule has 4 nitrogen and oxygen atoms in total. The molecule has 4 heteroatoms. The van der Waals surface area contributed by atoms with E-state index in [0.29, 0.717) is 5.56 Å². The molecule has 104 valence electrons. The van der Waals surface area contributed by atoms with Gasteiger partial charge in [0.2, 0.25) is 11.8 Å². The second kappa shape index (κ2) is 4.29. The van der Waals surface area contributed by atoms with Gasteiger partial charge in [-0.2, -0.15) is 5.26 Å². The van der Waals surface area contributed by atoms with Gasteiger partial charge in [0.15, 0.2) is 0 Å². The SMILES string of the molecule is N#Cc1cccc(CN2C(=O)[C@@H]3[C@H](C2=O)[C@H]2C=C[C@H]3C2)c1. The van der Waals surface area contributed by atoms with Crippen molar-refractivity contribution in [3.05, 3.63) is 47.5 Å². The number of hydrogen-bond acceptors (Lipinski definition) is 3. The summed E-state index contributed by atoms with van der Waals surface area (Å²) in [5, 5.41) is 8.93. The third-order valence-electron chi connectivity index (χ3n) is 4.96. The highest BCUT2D eigenvalue weighted by molar-refractivity contribution is 6.06. The van der Waals surface area contributed by atoms with Gasteiger partial charge in [-0.15, -0.1) is 0 Å². The summed E-state index contributed by atoms with van der Waals surface area (Å²) in [6.45, 7) is 0.277. The summed E-state index contributed by atoms with van der Waals surface area (Å²) in [6.07, 6.45) is 5.14. The summed E-state index contributed by atoms with van der Waals surface area (Å²) in [4.78, 5) is 26.5. The Morgan fingerprint density at radius 2 is 1.81 bits per heavy atom. The lowest BCUT2D eigenvalue weighted by atomic mass is 9.85. The van der Waals surface area contributed by atoms with Crippen molar-refractivity contribution in [3.63, 3.8) is 0 Å². The molecule has 0 unspecified atom stereocenters. The van der Waals surface area contributed by atoms with Gasteiger partial charge in [-0.3, -0.25) is 14.5 Å². The molecule has 4 rings (SSSR count). The van der Waals surface area contributed by atoms with Gasteiger partial charge in [0, 0.05) is 0 Å². The zero-order valence-corrected chi connectivity index (χ0v) is 11.4. The lowest BCUT2D eigenvalue weighted by molar-refractivity contribution is -0.141. The molecule has 1 aromatic rings. The fraction of sp³-hybridized carbons (Fsp3) is 0.353. The van der Waals surface area contributed by atoms with E-state index in [2.05, 4.69) is 18.2 Å². The Kier molecular flexibility index (Phi) is 2.52. The van der Waals surface area contributed by atoms with Crippen molar-refractivity contribution in [2.24, 2.45) is 23.7 Å². The molecular formula is C17H14N2O2. The second-order valence-electron chi connectivity index (χ2n) is 6.07. The number of carbonyl (C=O) groups excluding carboxylic acids is 2. The normalized spacial score (nSPS) is 32.6. The molecule has 4 atom stereocenters. The highest BCUT2D eigenvalue weighted by atomic mass is 16.2. The molecular weight excluding hydrogens is 264 g/mol. The number of nitrogens with zero attached hydrogens (tertiary/aromatic N) is 2. The first kappa shape index (κ1) is 12.3. The van der Waals surface area contributed by atoms with Crippen LogP contribution in [0.2, 0.25) is 0 Å². The van der Waals surface area contributed by atoms with E-state index in [1.54, 1.807) is 18.2 Å². The molecule has 2 aliphatic carbocycles. The van der Waals surface area contributed by atoms with Crippen molar-refractivity contribution < 1.29 is 9.59 Å². The Bertz CT molecular complexity index is 686. The monoisotopic (exact) mass is 278 g/mol. The highest BCUT2D eigenvalue weighted by Gasteiger charge is 2.59. The van der Waals surface area contributed by atoms with Gasteiger partial charge >= 0.3 is 0 Å². The minimum Gasteiger partial charge on any atom is -0.278 e. The van der Waals surface area contributed by atoms with E-state index in [-0.39, 0.29) is 42.0 Å². The lowest BCUT2D eigenvalue weighted by Gasteiger charge is -2.17. The molecule has 0 radical (unpaired) electrons. The summed E-state index contributed by atoms with van der Waals surface area (Å²) in [5.74, 6) is 0.116. The summed E-state index contributed by atoms with van der Waals surface area (Å²) in [7, 11) is 0. The van der Waals surface area contributed by atoms with Crippen LogP contribution in [0.1, 0.15) is 17.5 Å². The van der Waals surface area contributed by atoms with E-state index in [1.165, 1.54) is 4.90 Å². The van der Waals surface area contributed by atoms with Crippen LogP contribution in [0.15, 0.2) is 36.4 Å². The van der Waals surface area contributed by atoms with E-state index in [9.17, 15) is 9.59 Å². The van der Waals surface area contributed by atoms with Crippen LogP contribution in [0.4, 0.5) is 0 Å². The minimum absolute atomic E-state index is 0.0378. The minimum atomic E-state index is -0.147. The summed E-state index contributed by atoms with van der Waals surface area (Å²) >= 11 is 0. The van der Waals surface area contributed by atoms with Gasteiger partial charge in [0.25, 0.3) is 0 Å². The first-order chi connectivity index (χ1) is 10.2. The zero-order valence-electron chi connectivity index (χ0n) is 11.4. The van der Waals surface area contributed by atoms with Gasteiger partial charge in [-0.05, 0) is 36.0 Å². The molecule has 2 bridgehead atoms. The molecule has 2 fully saturated rings. The molecule has 0 spiro atoms. The van der Waals surface area contributed by atoms with E-state index in [1.807, 2.05) is 6.07 Å². The average molecular weight is 278 g/mol. The van der Waals surface area contributed by atoms with Crippen molar-refractivity contribution in [3.8, 4) is 6.07 Å². The number of nitriles is 1. The van der Waals surface area contributed by atoms with Gasteiger partial charge in [0.05, 0.1) is 30.0 Å². The zero-order chi connectivity index (χ0) is 14.6. The van der Waals surface area contributed by atoms with Crippen LogP contribution in [0, 0.1) is 35.0 Å². The van der Waals surface area contributed by atoms with Crippen molar-refractivity contribution in [2.75, 3.05) is 0 Å². The van der Waals surface area contributed by atoms with E-state index >= 15 is 0 Å². The Balaban J connectivity index is 1.61. The van der Waals surface area contributed by atoms with Crippen LogP contribution in [0.3, 0.4) is 0 Å². The van der Waals surface area contributed by atoms with E-state index < -0.39 is 0 Å². The summed E-state index contributed by atoms with van der Waals surface area (Å²) in [5.41, 5.74) is 1.38. The number of fused-ring (bicyclic) bond motifs is 5. The van der Waals surface area contributed by atoms with E-state index in [0.717, 1.165) is 12.0 Å². The van der Waals surface area contributed by atoms with Crippen LogP contribution in [-0.2, 0) is 16.1 Å². The number of imide groups is 1. The van der Waals surface area contributed by atoms with Crippen molar-refractivity contribution in [1.29, 1.82) is 5.26 Å². The van der Waals surface area contributed by atoms with Gasteiger partial charge in [-0.25, -0.2) is 0 Å². The highest BCUT2D eigenvalue weighted by Crippen LogP contribution is 2.52. The van der Waals surface area contributed by atoms with Gasteiger partial charge in [0.1, 0.15) is 0 Å². The number of likely N-dealkylation sites (tertiary alicyclic amines) is 1. The molecule has 1 saturated carbocycles. The maximum atomic E-state index is 12.6. The number of amides is 2. The predicted molar refractivity (Wildman–Crippen MR) is 74.4 cm³/mol. The lowest BCUT2D eigenvalue weighted by Crippen LogP contribution is -2.32. The molecule has 1 aliphatic heterocycles. The Morgan fingerprint density at radius 3 is 2.43 bits per heavy atom. The standard InChI is InChI=1S/C17H14N2O2/c18-8-10-2-1-3-11(6-10)9-19-16(20)14-12-4-5-13(7-12)15(14)17(19)21/h1-6,12-15H,7,9H2/t12-,13-,14-,15+/m0/s1. The first-order valence-corrected chi connectivity index (χ1v) is 7.21. The largest absolute Gasteiger partial charge is 0.278 e. The number of carbonyl (C=O) groups is 2. The second-order valence-corrected chi connectivity index (χ2v) is 6.07. The number of allylic oxidation sites excluding steroid dienone is 2. The first-order valence-electron chi connectivity index (χ1n) is 7.21. The smallest absolute Gasteiger partial charge is 0.234 e.